The molecular weight excluding hydrogens is 426 g/mol. The number of rotatable bonds is 8. The molecule has 0 aliphatic carbocycles. The molecule has 1 amide bonds. The Balaban J connectivity index is 1.73. The number of carbonyl (C=O) groups is 1. The molecule has 1 aromatic carbocycles. The Hall–Kier alpha value is -2.25. The second kappa shape index (κ2) is 9.92. The first-order valence-corrected chi connectivity index (χ1v) is 11.9. The summed E-state index contributed by atoms with van der Waals surface area (Å²) in [6, 6.07) is 10.0. The maximum absolute atomic E-state index is 12.9. The lowest BCUT2D eigenvalue weighted by molar-refractivity contribution is -0.122. The molecule has 1 unspecified atom stereocenters. The van der Waals surface area contributed by atoms with E-state index < -0.39 is 0 Å². The van der Waals surface area contributed by atoms with Gasteiger partial charge in [0.25, 0.3) is 0 Å². The second-order valence-corrected chi connectivity index (χ2v) is 10.5. The van der Waals surface area contributed by atoms with Gasteiger partial charge in [-0.15, -0.1) is 11.3 Å². The third-order valence-corrected chi connectivity index (χ3v) is 6.43. The quantitative estimate of drug-likeness (QED) is 0.310. The molecule has 0 radical (unpaired) electrons. The fourth-order valence-corrected chi connectivity index (χ4v) is 4.34. The number of hydrogen-bond donors (Lipinski definition) is 2. The smallest absolute Gasteiger partial charge is 0.227 e. The highest BCUT2D eigenvalue weighted by atomic mass is 32.1. The van der Waals surface area contributed by atoms with Crippen LogP contribution in [-0.4, -0.2) is 22.5 Å². The Morgan fingerprint density at radius 1 is 1.29 bits per heavy atom. The molecule has 31 heavy (non-hydrogen) atoms. The van der Waals surface area contributed by atoms with Crippen molar-refractivity contribution in [2.75, 3.05) is 6.61 Å². The Labute approximate surface area is 193 Å². The van der Waals surface area contributed by atoms with E-state index in [0.29, 0.717) is 19.0 Å². The number of carbonyl (C=O) groups excluding carboxylic acids is 1. The number of aromatic amines is 1. The van der Waals surface area contributed by atoms with Crippen molar-refractivity contribution in [2.24, 2.45) is 0 Å². The number of H-pyrrole nitrogens is 1. The maximum atomic E-state index is 12.9. The highest BCUT2D eigenvalue weighted by molar-refractivity contribution is 7.73. The molecular formula is C24H31N3O2S2. The third-order valence-electron chi connectivity index (χ3n) is 5.24. The number of thiazole rings is 1. The number of aromatic nitrogens is 2. The van der Waals surface area contributed by atoms with Crippen molar-refractivity contribution in [3.05, 3.63) is 51.1 Å². The molecule has 1 atom stereocenters. The third kappa shape index (κ3) is 5.92. The summed E-state index contributed by atoms with van der Waals surface area (Å²) in [5.41, 5.74) is 3.77. The van der Waals surface area contributed by atoms with Crippen LogP contribution in [0.5, 0.6) is 5.88 Å². The first-order chi connectivity index (χ1) is 14.7. The molecule has 5 nitrogen and oxygen atoms in total. The number of pyridine rings is 1. The summed E-state index contributed by atoms with van der Waals surface area (Å²) in [5.74, 6) is 0.312. The highest BCUT2D eigenvalue weighted by Gasteiger charge is 2.20. The van der Waals surface area contributed by atoms with Gasteiger partial charge in [-0.2, -0.15) is 0 Å². The maximum Gasteiger partial charge on any atom is 0.227 e. The zero-order valence-corrected chi connectivity index (χ0v) is 20.5. The van der Waals surface area contributed by atoms with E-state index in [0.717, 1.165) is 43.8 Å². The Kier molecular flexibility index (Phi) is 7.49. The average molecular weight is 458 g/mol. The van der Waals surface area contributed by atoms with E-state index in [1.165, 1.54) is 11.3 Å². The predicted molar refractivity (Wildman–Crippen MR) is 131 cm³/mol. The minimum absolute atomic E-state index is 0.0297. The van der Waals surface area contributed by atoms with Gasteiger partial charge in [0, 0.05) is 23.2 Å². The van der Waals surface area contributed by atoms with Crippen LogP contribution in [0.2, 0.25) is 0 Å². The molecule has 0 saturated carbocycles. The molecule has 0 saturated heterocycles. The van der Waals surface area contributed by atoms with Gasteiger partial charge in [0.05, 0.1) is 22.7 Å². The van der Waals surface area contributed by atoms with Crippen LogP contribution >= 0.6 is 23.6 Å². The summed E-state index contributed by atoms with van der Waals surface area (Å²) in [7, 11) is 0. The summed E-state index contributed by atoms with van der Waals surface area (Å²) in [4.78, 5) is 20.8. The molecule has 2 aromatic heterocycles. The SMILES string of the molecule is CCCCOc1nc(C(C)(C)C)ccc1CNC(=O)C(C)c1ccc2[nH]c(=S)sc2c1. The second-order valence-electron chi connectivity index (χ2n) is 8.82. The number of nitrogens with zero attached hydrogens (tertiary/aromatic N) is 1. The van der Waals surface area contributed by atoms with Crippen molar-refractivity contribution in [1.82, 2.24) is 15.3 Å². The zero-order valence-electron chi connectivity index (χ0n) is 18.9. The molecule has 3 aromatic rings. The van der Waals surface area contributed by atoms with Crippen molar-refractivity contribution < 1.29 is 9.53 Å². The molecule has 2 N–H and O–H groups in total. The summed E-state index contributed by atoms with van der Waals surface area (Å²) >= 11 is 6.74. The zero-order chi connectivity index (χ0) is 22.6. The van der Waals surface area contributed by atoms with Gasteiger partial charge < -0.3 is 15.0 Å². The molecule has 0 aliphatic rings. The first-order valence-electron chi connectivity index (χ1n) is 10.7. The van der Waals surface area contributed by atoms with E-state index in [-0.39, 0.29) is 17.2 Å². The van der Waals surface area contributed by atoms with E-state index in [9.17, 15) is 4.79 Å². The number of hydrogen-bond acceptors (Lipinski definition) is 5. The lowest BCUT2D eigenvalue weighted by Gasteiger charge is -2.20. The van der Waals surface area contributed by atoms with Crippen LogP contribution in [0.1, 0.15) is 70.2 Å². The molecule has 3 rings (SSSR count). The molecule has 0 spiro atoms. The molecule has 0 fully saturated rings. The Morgan fingerprint density at radius 3 is 2.77 bits per heavy atom. The number of benzene rings is 1. The van der Waals surface area contributed by atoms with Crippen LogP contribution in [-0.2, 0) is 16.8 Å². The Morgan fingerprint density at radius 2 is 2.06 bits per heavy atom. The topological polar surface area (TPSA) is 67.0 Å². The van der Waals surface area contributed by atoms with E-state index in [1.807, 2.05) is 37.3 Å². The van der Waals surface area contributed by atoms with Crippen LogP contribution in [0.15, 0.2) is 30.3 Å². The van der Waals surface area contributed by atoms with Crippen molar-refractivity contribution in [3.8, 4) is 5.88 Å². The van der Waals surface area contributed by atoms with Gasteiger partial charge in [-0.05, 0) is 49.3 Å². The monoisotopic (exact) mass is 457 g/mol. The van der Waals surface area contributed by atoms with Gasteiger partial charge in [-0.25, -0.2) is 4.98 Å². The fraction of sp³-hybridized carbons (Fsp3) is 0.458. The van der Waals surface area contributed by atoms with E-state index in [4.69, 9.17) is 21.9 Å². The largest absolute Gasteiger partial charge is 0.477 e. The van der Waals surface area contributed by atoms with Crippen LogP contribution < -0.4 is 10.1 Å². The normalized spacial score (nSPS) is 12.7. The Bertz CT molecular complexity index is 1110. The van der Waals surface area contributed by atoms with Crippen LogP contribution in [0, 0.1) is 3.95 Å². The minimum Gasteiger partial charge on any atom is -0.477 e. The standard InChI is InChI=1S/C24H31N3O2S2/c1-6-7-12-29-22-17(9-11-20(27-22)24(3,4)5)14-25-21(28)15(2)16-8-10-18-19(13-16)31-23(30)26-18/h8-11,13,15H,6-7,12,14H2,1-5H3,(H,25,28)(H,26,30). The minimum atomic E-state index is -0.272. The summed E-state index contributed by atoms with van der Waals surface area (Å²) in [5, 5.41) is 3.06. The van der Waals surface area contributed by atoms with Gasteiger partial charge in [0.1, 0.15) is 0 Å². The first kappa shape index (κ1) is 23.4. The van der Waals surface area contributed by atoms with Crippen molar-refractivity contribution in [2.45, 2.75) is 65.3 Å². The van der Waals surface area contributed by atoms with E-state index >= 15 is 0 Å². The molecule has 2 heterocycles. The summed E-state index contributed by atoms with van der Waals surface area (Å²) < 4.78 is 7.77. The van der Waals surface area contributed by atoms with Gasteiger partial charge in [-0.3, -0.25) is 4.79 Å². The predicted octanol–water partition coefficient (Wildman–Crippen LogP) is 6.25. The van der Waals surface area contributed by atoms with Crippen molar-refractivity contribution in [3.63, 3.8) is 0 Å². The molecule has 0 bridgehead atoms. The number of unbranched alkanes of at least 4 members (excludes halogenated alkanes) is 1. The average Bonchev–Trinajstić information content (AvgIpc) is 3.10. The van der Waals surface area contributed by atoms with Crippen molar-refractivity contribution in [1.29, 1.82) is 0 Å². The van der Waals surface area contributed by atoms with Gasteiger partial charge in [0.15, 0.2) is 3.95 Å². The summed E-state index contributed by atoms with van der Waals surface area (Å²) in [6.07, 6.45) is 2.03. The van der Waals surface area contributed by atoms with Crippen LogP contribution in [0.3, 0.4) is 0 Å². The fourth-order valence-electron chi connectivity index (χ4n) is 3.18. The van der Waals surface area contributed by atoms with E-state index in [2.05, 4.69) is 38.0 Å². The number of fused-ring (bicyclic) bond motifs is 1. The van der Waals surface area contributed by atoms with Crippen molar-refractivity contribution >= 4 is 39.7 Å². The van der Waals surface area contributed by atoms with Crippen LogP contribution in [0.4, 0.5) is 0 Å². The van der Waals surface area contributed by atoms with Gasteiger partial charge in [0.2, 0.25) is 11.8 Å². The lowest BCUT2D eigenvalue weighted by Crippen LogP contribution is -2.28. The van der Waals surface area contributed by atoms with E-state index in [1.54, 1.807) is 0 Å². The molecule has 166 valence electrons. The molecule has 7 heteroatoms. The number of nitrogens with one attached hydrogen (secondary N) is 2. The summed E-state index contributed by atoms with van der Waals surface area (Å²) in [6.45, 7) is 11.4. The number of ether oxygens (including phenoxy) is 1. The number of amides is 1. The van der Waals surface area contributed by atoms with Crippen LogP contribution in [0.25, 0.3) is 10.2 Å². The van der Waals surface area contributed by atoms with Gasteiger partial charge in [-0.1, -0.05) is 46.2 Å². The highest BCUT2D eigenvalue weighted by Crippen LogP contribution is 2.27. The van der Waals surface area contributed by atoms with Gasteiger partial charge >= 0.3 is 0 Å². The molecule has 0 aliphatic heterocycles. The lowest BCUT2D eigenvalue weighted by atomic mass is 9.91.